The summed E-state index contributed by atoms with van der Waals surface area (Å²) in [4.78, 5) is 2.40. The summed E-state index contributed by atoms with van der Waals surface area (Å²) in [6, 6.07) is 0.597. The van der Waals surface area contributed by atoms with Crippen LogP contribution in [0.15, 0.2) is 0 Å². The highest BCUT2D eigenvalue weighted by Crippen LogP contribution is 2.02. The predicted octanol–water partition coefficient (Wildman–Crippen LogP) is 1.68. The topological polar surface area (TPSA) is 21.7 Å². The number of thiol groups is 1. The van der Waals surface area contributed by atoms with Gasteiger partial charge < -0.3 is 9.47 Å². The molecule has 0 saturated carbocycles. The van der Waals surface area contributed by atoms with Gasteiger partial charge >= 0.3 is 0 Å². The molecule has 0 saturated heterocycles. The molecule has 15 heavy (non-hydrogen) atoms. The molecule has 92 valence electrons. The molecule has 0 rings (SSSR count). The highest BCUT2D eigenvalue weighted by Gasteiger charge is 2.10. The van der Waals surface area contributed by atoms with Crippen LogP contribution in [0.2, 0.25) is 0 Å². The van der Waals surface area contributed by atoms with Gasteiger partial charge in [0.1, 0.15) is 0 Å². The minimum atomic E-state index is 0.597. The Morgan fingerprint density at radius 1 is 1.20 bits per heavy atom. The molecule has 0 aromatic carbocycles. The van der Waals surface area contributed by atoms with Gasteiger partial charge in [-0.2, -0.15) is 12.6 Å². The van der Waals surface area contributed by atoms with Crippen LogP contribution in [0, 0.1) is 0 Å². The highest BCUT2D eigenvalue weighted by molar-refractivity contribution is 7.80. The predicted molar refractivity (Wildman–Crippen MR) is 67.9 cm³/mol. The van der Waals surface area contributed by atoms with Crippen LogP contribution in [0.4, 0.5) is 0 Å². The second kappa shape index (κ2) is 10.7. The van der Waals surface area contributed by atoms with Gasteiger partial charge in [0.05, 0.1) is 19.8 Å². The fraction of sp³-hybridized carbons (Fsp3) is 1.00. The van der Waals surface area contributed by atoms with Crippen LogP contribution in [0.25, 0.3) is 0 Å². The monoisotopic (exact) mass is 235 g/mol. The molecule has 0 aliphatic carbocycles. The van der Waals surface area contributed by atoms with E-state index in [0.717, 1.165) is 45.1 Å². The molecule has 0 radical (unpaired) electrons. The van der Waals surface area contributed by atoms with Crippen LogP contribution in [0.1, 0.15) is 20.3 Å². The summed E-state index contributed by atoms with van der Waals surface area (Å²) in [5.74, 6) is 0.793. The van der Waals surface area contributed by atoms with E-state index in [1.165, 1.54) is 0 Å². The van der Waals surface area contributed by atoms with E-state index in [9.17, 15) is 0 Å². The lowest BCUT2D eigenvalue weighted by molar-refractivity contribution is 0.0768. The van der Waals surface area contributed by atoms with Crippen LogP contribution < -0.4 is 0 Å². The maximum absolute atomic E-state index is 5.43. The molecule has 0 N–H and O–H groups in total. The molecule has 0 aliphatic rings. The summed E-state index contributed by atoms with van der Waals surface area (Å²) < 4.78 is 10.5. The van der Waals surface area contributed by atoms with E-state index in [1.54, 1.807) is 7.11 Å². The summed E-state index contributed by atoms with van der Waals surface area (Å²) in [5.41, 5.74) is 0. The average Bonchev–Trinajstić information content (AvgIpc) is 2.27. The van der Waals surface area contributed by atoms with Gasteiger partial charge in [0.2, 0.25) is 0 Å². The number of ether oxygens (including phenoxy) is 2. The zero-order valence-electron chi connectivity index (χ0n) is 10.2. The Morgan fingerprint density at radius 2 is 1.87 bits per heavy atom. The van der Waals surface area contributed by atoms with Gasteiger partial charge in [-0.3, -0.25) is 4.90 Å². The second-order valence-electron chi connectivity index (χ2n) is 3.62. The summed E-state index contributed by atoms with van der Waals surface area (Å²) in [6.45, 7) is 8.72. The van der Waals surface area contributed by atoms with E-state index < -0.39 is 0 Å². The number of nitrogens with zero attached hydrogens (tertiary/aromatic N) is 1. The third-order valence-electron chi connectivity index (χ3n) is 2.56. The third-order valence-corrected chi connectivity index (χ3v) is 2.74. The van der Waals surface area contributed by atoms with Crippen molar-refractivity contribution in [3.63, 3.8) is 0 Å². The maximum atomic E-state index is 5.43. The Morgan fingerprint density at radius 3 is 2.40 bits per heavy atom. The van der Waals surface area contributed by atoms with Gasteiger partial charge in [-0.25, -0.2) is 0 Å². The molecule has 1 atom stereocenters. The first kappa shape index (κ1) is 15.2. The van der Waals surface area contributed by atoms with E-state index in [-0.39, 0.29) is 0 Å². The molecule has 0 heterocycles. The quantitative estimate of drug-likeness (QED) is 0.460. The second-order valence-corrected chi connectivity index (χ2v) is 4.07. The molecular weight excluding hydrogens is 210 g/mol. The SMILES string of the molecule is CCC(C)N(CCOC)CCOCCS. The summed E-state index contributed by atoms with van der Waals surface area (Å²) >= 11 is 4.10. The largest absolute Gasteiger partial charge is 0.383 e. The zero-order valence-corrected chi connectivity index (χ0v) is 11.1. The molecule has 0 aromatic rings. The van der Waals surface area contributed by atoms with Crippen molar-refractivity contribution in [3.8, 4) is 0 Å². The van der Waals surface area contributed by atoms with E-state index in [0.29, 0.717) is 6.04 Å². The molecule has 1 unspecified atom stereocenters. The van der Waals surface area contributed by atoms with E-state index in [2.05, 4.69) is 31.4 Å². The van der Waals surface area contributed by atoms with Crippen molar-refractivity contribution >= 4 is 12.6 Å². The van der Waals surface area contributed by atoms with Crippen LogP contribution in [0.3, 0.4) is 0 Å². The highest BCUT2D eigenvalue weighted by atomic mass is 32.1. The molecule has 0 aromatic heterocycles. The Balaban J connectivity index is 3.69. The van der Waals surface area contributed by atoms with Crippen molar-refractivity contribution in [2.24, 2.45) is 0 Å². The molecule has 0 aliphatic heterocycles. The van der Waals surface area contributed by atoms with Crippen molar-refractivity contribution in [2.45, 2.75) is 26.3 Å². The molecule has 0 spiro atoms. The summed E-state index contributed by atoms with van der Waals surface area (Å²) in [5, 5.41) is 0. The Kier molecular flexibility index (Phi) is 10.9. The van der Waals surface area contributed by atoms with Crippen molar-refractivity contribution < 1.29 is 9.47 Å². The van der Waals surface area contributed by atoms with Gasteiger partial charge in [0, 0.05) is 32.0 Å². The minimum absolute atomic E-state index is 0.597. The molecule has 3 nitrogen and oxygen atoms in total. The van der Waals surface area contributed by atoms with E-state index >= 15 is 0 Å². The first-order chi connectivity index (χ1) is 7.26. The fourth-order valence-electron chi connectivity index (χ4n) is 1.37. The first-order valence-corrected chi connectivity index (χ1v) is 6.31. The Labute approximate surface area is 99.5 Å². The summed E-state index contributed by atoms with van der Waals surface area (Å²) in [7, 11) is 1.74. The van der Waals surface area contributed by atoms with E-state index in [4.69, 9.17) is 9.47 Å². The van der Waals surface area contributed by atoms with Gasteiger partial charge in [-0.05, 0) is 13.3 Å². The lowest BCUT2D eigenvalue weighted by atomic mass is 10.2. The number of hydrogen-bond donors (Lipinski definition) is 1. The number of methoxy groups -OCH3 is 1. The van der Waals surface area contributed by atoms with Crippen LogP contribution >= 0.6 is 12.6 Å². The first-order valence-electron chi connectivity index (χ1n) is 5.67. The van der Waals surface area contributed by atoms with Crippen molar-refractivity contribution in [3.05, 3.63) is 0 Å². The zero-order chi connectivity index (χ0) is 11.5. The molecule has 0 fully saturated rings. The number of hydrogen-bond acceptors (Lipinski definition) is 4. The molecule has 0 amide bonds. The standard InChI is InChI=1S/C11H25NO2S/c1-4-11(2)12(5-7-13-3)6-8-14-9-10-15/h11,15H,4-10H2,1-3H3. The summed E-state index contributed by atoms with van der Waals surface area (Å²) in [6.07, 6.45) is 1.16. The average molecular weight is 235 g/mol. The van der Waals surface area contributed by atoms with Gasteiger partial charge in [0.25, 0.3) is 0 Å². The third kappa shape index (κ3) is 8.08. The van der Waals surface area contributed by atoms with Crippen LogP contribution in [-0.4, -0.2) is 56.7 Å². The van der Waals surface area contributed by atoms with E-state index in [1.807, 2.05) is 0 Å². The lowest BCUT2D eigenvalue weighted by Gasteiger charge is -2.27. The molecular formula is C11H25NO2S. The maximum Gasteiger partial charge on any atom is 0.0593 e. The molecule has 4 heteroatoms. The van der Waals surface area contributed by atoms with Crippen molar-refractivity contribution in [2.75, 3.05) is 45.8 Å². The van der Waals surface area contributed by atoms with Gasteiger partial charge in [-0.15, -0.1) is 0 Å². The number of rotatable bonds is 10. The van der Waals surface area contributed by atoms with Crippen LogP contribution in [-0.2, 0) is 9.47 Å². The fourth-order valence-corrected chi connectivity index (χ4v) is 1.50. The smallest absolute Gasteiger partial charge is 0.0593 e. The minimum Gasteiger partial charge on any atom is -0.383 e. The molecule has 0 bridgehead atoms. The van der Waals surface area contributed by atoms with Gasteiger partial charge in [0.15, 0.2) is 0 Å². The van der Waals surface area contributed by atoms with Gasteiger partial charge in [-0.1, -0.05) is 6.92 Å². The Bertz CT molecular complexity index is 136. The lowest BCUT2D eigenvalue weighted by Crippen LogP contribution is -2.37. The van der Waals surface area contributed by atoms with Crippen molar-refractivity contribution in [1.82, 2.24) is 4.90 Å². The Hall–Kier alpha value is 0.230. The normalized spacial score (nSPS) is 13.4. The van der Waals surface area contributed by atoms with Crippen molar-refractivity contribution in [1.29, 1.82) is 0 Å². The van der Waals surface area contributed by atoms with Crippen LogP contribution in [0.5, 0.6) is 0 Å².